The van der Waals surface area contributed by atoms with Gasteiger partial charge in [-0.15, -0.1) is 0 Å². The predicted molar refractivity (Wildman–Crippen MR) is 142 cm³/mol. The molecule has 36 heavy (non-hydrogen) atoms. The number of hydrogen-bond acceptors (Lipinski definition) is 4. The van der Waals surface area contributed by atoms with Crippen molar-refractivity contribution in [1.82, 2.24) is 9.80 Å². The molecule has 2 aliphatic rings. The quantitative estimate of drug-likeness (QED) is 0.467. The van der Waals surface area contributed by atoms with Gasteiger partial charge in [-0.05, 0) is 92.9 Å². The van der Waals surface area contributed by atoms with E-state index in [1.807, 2.05) is 62.4 Å². The topological polar surface area (TPSA) is 53.0 Å². The van der Waals surface area contributed by atoms with Crippen molar-refractivity contribution in [3.63, 3.8) is 0 Å². The van der Waals surface area contributed by atoms with Gasteiger partial charge >= 0.3 is 0 Å². The largest absolute Gasteiger partial charge is 0.493 e. The van der Waals surface area contributed by atoms with Gasteiger partial charge < -0.3 is 19.6 Å². The monoisotopic (exact) mass is 496 g/mol. The summed E-state index contributed by atoms with van der Waals surface area (Å²) in [6.45, 7) is 7.73. The zero-order valence-corrected chi connectivity index (χ0v) is 21.8. The number of nitrogens with zero attached hydrogens (tertiary/aromatic N) is 2. The molecule has 0 bridgehead atoms. The molecule has 1 N–H and O–H groups in total. The summed E-state index contributed by atoms with van der Waals surface area (Å²) in [4.78, 5) is 16.9. The third-order valence-electron chi connectivity index (χ3n) is 8.14. The maximum absolute atomic E-state index is 14.7. The molecule has 2 heterocycles. The van der Waals surface area contributed by atoms with Crippen LogP contribution in [0.15, 0.2) is 48.5 Å². The number of carbonyl (C=O) groups is 1. The molecular formula is C30H41FN2O3. The average molecular weight is 497 g/mol. The zero-order valence-electron chi connectivity index (χ0n) is 21.8. The second kappa shape index (κ2) is 12.2. The molecule has 0 aromatic heterocycles. The van der Waals surface area contributed by atoms with E-state index in [1.54, 1.807) is 4.90 Å². The van der Waals surface area contributed by atoms with Gasteiger partial charge in [0.05, 0.1) is 19.3 Å². The second-order valence-corrected chi connectivity index (χ2v) is 10.5. The number of aliphatic hydroxyl groups excluding tert-OH is 1. The lowest BCUT2D eigenvalue weighted by atomic mass is 9.94. The highest BCUT2D eigenvalue weighted by Crippen LogP contribution is 2.27. The highest BCUT2D eigenvalue weighted by atomic mass is 19.1. The first-order chi connectivity index (χ1) is 17.4. The van der Waals surface area contributed by atoms with E-state index in [0.717, 1.165) is 55.6 Å². The number of rotatable bonds is 10. The first-order valence-corrected chi connectivity index (χ1v) is 13.6. The lowest BCUT2D eigenvalue weighted by Gasteiger charge is -2.36. The fourth-order valence-electron chi connectivity index (χ4n) is 5.41. The van der Waals surface area contributed by atoms with E-state index in [1.165, 1.54) is 0 Å². The van der Waals surface area contributed by atoms with E-state index >= 15 is 0 Å². The number of alkyl halides is 1. The van der Waals surface area contributed by atoms with E-state index < -0.39 is 5.67 Å². The first-order valence-electron chi connectivity index (χ1n) is 13.6. The molecule has 1 amide bonds. The van der Waals surface area contributed by atoms with Crippen molar-refractivity contribution < 1.29 is 19.0 Å². The minimum atomic E-state index is -1.06. The van der Waals surface area contributed by atoms with Crippen LogP contribution >= 0.6 is 0 Å². The first kappa shape index (κ1) is 26.6. The highest BCUT2D eigenvalue weighted by molar-refractivity contribution is 5.95. The van der Waals surface area contributed by atoms with Crippen LogP contribution in [0.1, 0.15) is 62.7 Å². The molecule has 2 saturated heterocycles. The van der Waals surface area contributed by atoms with Crippen molar-refractivity contribution in [2.45, 2.75) is 64.1 Å². The number of ether oxygens (including phenoxy) is 1. The number of hydrogen-bond donors (Lipinski definition) is 1. The van der Waals surface area contributed by atoms with Gasteiger partial charge in [-0.1, -0.05) is 38.1 Å². The minimum Gasteiger partial charge on any atom is -0.493 e. The van der Waals surface area contributed by atoms with Gasteiger partial charge in [0.25, 0.3) is 5.91 Å². The lowest BCUT2D eigenvalue weighted by Crippen LogP contribution is -2.44. The van der Waals surface area contributed by atoms with Gasteiger partial charge in [-0.25, -0.2) is 4.39 Å². The van der Waals surface area contributed by atoms with E-state index in [0.29, 0.717) is 44.0 Å². The Morgan fingerprint density at radius 3 is 2.17 bits per heavy atom. The lowest BCUT2D eigenvalue weighted by molar-refractivity contribution is 0.0568. The Hall–Kier alpha value is -2.44. The molecule has 2 fully saturated rings. The third-order valence-corrected chi connectivity index (χ3v) is 8.14. The summed E-state index contributed by atoms with van der Waals surface area (Å²) in [7, 11) is 0. The van der Waals surface area contributed by atoms with Gasteiger partial charge in [0.2, 0.25) is 0 Å². The maximum Gasteiger partial charge on any atom is 0.254 e. The summed E-state index contributed by atoms with van der Waals surface area (Å²) in [6, 6.07) is 15.7. The molecule has 5 nitrogen and oxygen atoms in total. The Kier molecular flexibility index (Phi) is 9.02. The second-order valence-electron chi connectivity index (χ2n) is 10.5. The fraction of sp³-hybridized carbons (Fsp3) is 0.567. The minimum absolute atomic E-state index is 0.00701. The maximum atomic E-state index is 14.7. The van der Waals surface area contributed by atoms with Gasteiger partial charge in [-0.2, -0.15) is 0 Å². The molecule has 0 aliphatic carbocycles. The van der Waals surface area contributed by atoms with Crippen LogP contribution in [0.3, 0.4) is 0 Å². The summed E-state index contributed by atoms with van der Waals surface area (Å²) in [6.07, 6.45) is 5.06. The third kappa shape index (κ3) is 6.46. The zero-order chi connectivity index (χ0) is 25.5. The Bertz CT molecular complexity index is 967. The van der Waals surface area contributed by atoms with Crippen LogP contribution in [0.2, 0.25) is 0 Å². The Morgan fingerprint density at radius 2 is 1.58 bits per heavy atom. The molecule has 0 unspecified atom stereocenters. The van der Waals surface area contributed by atoms with E-state index in [4.69, 9.17) is 4.74 Å². The van der Waals surface area contributed by atoms with E-state index in [2.05, 4.69) is 4.90 Å². The molecule has 1 atom stereocenters. The number of amides is 1. The molecule has 2 aromatic carbocycles. The number of aliphatic hydroxyl groups is 1. The van der Waals surface area contributed by atoms with Crippen LogP contribution in [0.25, 0.3) is 11.1 Å². The van der Waals surface area contributed by atoms with Crippen molar-refractivity contribution in [2.24, 2.45) is 5.92 Å². The van der Waals surface area contributed by atoms with Gasteiger partial charge in [0, 0.05) is 18.7 Å². The fourth-order valence-corrected chi connectivity index (χ4v) is 5.41. The summed E-state index contributed by atoms with van der Waals surface area (Å²) in [5, 5.41) is 9.51. The predicted octanol–water partition coefficient (Wildman–Crippen LogP) is 5.57. The molecule has 6 heteroatoms. The Morgan fingerprint density at radius 1 is 0.972 bits per heavy atom. The smallest absolute Gasteiger partial charge is 0.254 e. The van der Waals surface area contributed by atoms with Crippen molar-refractivity contribution in [3.05, 3.63) is 54.1 Å². The number of likely N-dealkylation sites (tertiary alicyclic amines) is 2. The van der Waals surface area contributed by atoms with Gasteiger partial charge in [0.15, 0.2) is 0 Å². The normalized spacial score (nSPS) is 19.6. The number of benzene rings is 2. The molecule has 0 radical (unpaired) electrons. The van der Waals surface area contributed by atoms with Crippen LogP contribution in [-0.4, -0.2) is 71.9 Å². The van der Waals surface area contributed by atoms with E-state index in [-0.39, 0.29) is 18.6 Å². The Balaban J connectivity index is 1.25. The molecule has 0 saturated carbocycles. The standard InChI is InChI=1S/C30H41FN2O3/c1-3-30(31,4-2)22-32-18-15-23(16-19-32)21-36-28-13-11-25(12-14-28)24-7-9-26(10-8-24)29(35)33-17-5-6-27(33)20-34/h7-14,23,27,34H,3-6,15-22H2,1-2H3/t27-/m1/s1. The van der Waals surface area contributed by atoms with E-state index in [9.17, 15) is 14.3 Å². The summed E-state index contributed by atoms with van der Waals surface area (Å²) in [5.41, 5.74) is 1.73. The summed E-state index contributed by atoms with van der Waals surface area (Å²) >= 11 is 0. The van der Waals surface area contributed by atoms with Gasteiger partial charge in [-0.3, -0.25) is 4.79 Å². The van der Waals surface area contributed by atoms with Crippen LogP contribution < -0.4 is 4.74 Å². The van der Waals surface area contributed by atoms with Gasteiger partial charge in [0.1, 0.15) is 11.4 Å². The van der Waals surface area contributed by atoms with Crippen LogP contribution in [0.4, 0.5) is 4.39 Å². The van der Waals surface area contributed by atoms with Crippen molar-refractivity contribution >= 4 is 5.91 Å². The highest BCUT2D eigenvalue weighted by Gasteiger charge is 2.31. The number of halogens is 1. The Labute approximate surface area is 215 Å². The number of piperidine rings is 1. The molecule has 0 spiro atoms. The average Bonchev–Trinajstić information content (AvgIpc) is 3.42. The molecule has 4 rings (SSSR count). The van der Waals surface area contributed by atoms with Crippen LogP contribution in [-0.2, 0) is 0 Å². The number of carbonyl (C=O) groups excluding carboxylic acids is 1. The van der Waals surface area contributed by atoms with Crippen LogP contribution in [0, 0.1) is 5.92 Å². The molecule has 196 valence electrons. The molecular weight excluding hydrogens is 455 g/mol. The SMILES string of the molecule is CCC(F)(CC)CN1CCC(COc2ccc(-c3ccc(C(=O)N4CCC[C@@H]4CO)cc3)cc2)CC1. The molecule has 2 aromatic rings. The summed E-state index contributed by atoms with van der Waals surface area (Å²) < 4.78 is 20.8. The summed E-state index contributed by atoms with van der Waals surface area (Å²) in [5.74, 6) is 1.36. The van der Waals surface area contributed by atoms with Crippen molar-refractivity contribution in [2.75, 3.05) is 39.4 Å². The van der Waals surface area contributed by atoms with Crippen molar-refractivity contribution in [1.29, 1.82) is 0 Å². The van der Waals surface area contributed by atoms with Crippen molar-refractivity contribution in [3.8, 4) is 16.9 Å². The van der Waals surface area contributed by atoms with Crippen LogP contribution in [0.5, 0.6) is 5.75 Å². The molecule has 2 aliphatic heterocycles.